The zero-order valence-corrected chi connectivity index (χ0v) is 13.0. The molecule has 0 aromatic carbocycles. The summed E-state index contributed by atoms with van der Waals surface area (Å²) in [6.45, 7) is 6.27. The Kier molecular flexibility index (Phi) is 5.04. The second-order valence-electron chi connectivity index (χ2n) is 6.19. The molecule has 0 saturated carbocycles. The van der Waals surface area contributed by atoms with Crippen molar-refractivity contribution in [3.63, 3.8) is 0 Å². The first-order valence-corrected chi connectivity index (χ1v) is 7.55. The van der Waals surface area contributed by atoms with Crippen molar-refractivity contribution in [2.45, 2.75) is 26.7 Å². The molecule has 2 amide bonds. The summed E-state index contributed by atoms with van der Waals surface area (Å²) in [4.78, 5) is 28.2. The van der Waals surface area contributed by atoms with E-state index in [1.165, 1.54) is 12.5 Å². The van der Waals surface area contributed by atoms with Gasteiger partial charge in [0.25, 0.3) is 5.91 Å². The van der Waals surface area contributed by atoms with Crippen LogP contribution in [0, 0.1) is 11.8 Å². The van der Waals surface area contributed by atoms with Gasteiger partial charge in [-0.3, -0.25) is 9.59 Å². The first-order valence-electron chi connectivity index (χ1n) is 7.55. The van der Waals surface area contributed by atoms with Crippen molar-refractivity contribution < 1.29 is 14.0 Å². The number of piperidine rings is 1. The van der Waals surface area contributed by atoms with Crippen LogP contribution in [0.5, 0.6) is 0 Å². The Balaban J connectivity index is 1.85. The Labute approximate surface area is 125 Å². The van der Waals surface area contributed by atoms with Gasteiger partial charge in [-0.15, -0.1) is 0 Å². The van der Waals surface area contributed by atoms with Gasteiger partial charge in [-0.1, -0.05) is 13.8 Å². The standard InChI is InChI=1S/C16H24N2O3/c1-12(2)10-17(3)15(19)13-4-7-18(8-5-13)16(20)14-6-9-21-11-14/h6,9,11-13H,4-5,7-8,10H2,1-3H3. The average Bonchev–Trinajstić information content (AvgIpc) is 2.99. The summed E-state index contributed by atoms with van der Waals surface area (Å²) in [7, 11) is 1.87. The summed E-state index contributed by atoms with van der Waals surface area (Å²) < 4.78 is 4.95. The molecule has 1 aliphatic rings. The fourth-order valence-corrected chi connectivity index (χ4v) is 2.85. The fourth-order valence-electron chi connectivity index (χ4n) is 2.85. The normalized spacial score (nSPS) is 16.3. The van der Waals surface area contributed by atoms with E-state index in [0.717, 1.165) is 19.4 Å². The number of carbonyl (C=O) groups is 2. The average molecular weight is 292 g/mol. The lowest BCUT2D eigenvalue weighted by Gasteiger charge is -2.33. The monoisotopic (exact) mass is 292 g/mol. The third kappa shape index (κ3) is 3.86. The van der Waals surface area contributed by atoms with Gasteiger partial charge in [0.15, 0.2) is 0 Å². The van der Waals surface area contributed by atoms with Crippen molar-refractivity contribution in [2.75, 3.05) is 26.7 Å². The molecule has 1 aromatic heterocycles. The molecular formula is C16H24N2O3. The number of nitrogens with zero attached hydrogens (tertiary/aromatic N) is 2. The Bertz CT molecular complexity index is 474. The van der Waals surface area contributed by atoms with Crippen molar-refractivity contribution in [2.24, 2.45) is 11.8 Å². The number of hydrogen-bond donors (Lipinski definition) is 0. The van der Waals surface area contributed by atoms with E-state index in [9.17, 15) is 9.59 Å². The Morgan fingerprint density at radius 1 is 1.38 bits per heavy atom. The minimum atomic E-state index is -0.00909. The molecule has 5 nitrogen and oxygen atoms in total. The van der Waals surface area contributed by atoms with E-state index >= 15 is 0 Å². The maximum Gasteiger partial charge on any atom is 0.257 e. The molecule has 2 heterocycles. The third-order valence-electron chi connectivity index (χ3n) is 3.91. The Morgan fingerprint density at radius 2 is 2.05 bits per heavy atom. The van der Waals surface area contributed by atoms with Crippen LogP contribution >= 0.6 is 0 Å². The number of amides is 2. The van der Waals surface area contributed by atoms with Crippen LogP contribution in [-0.4, -0.2) is 48.3 Å². The molecule has 0 bridgehead atoms. The van der Waals surface area contributed by atoms with Crippen LogP contribution in [0.2, 0.25) is 0 Å². The molecule has 0 aliphatic carbocycles. The summed E-state index contributed by atoms with van der Waals surface area (Å²) in [5.41, 5.74) is 0.580. The van der Waals surface area contributed by atoms with E-state index < -0.39 is 0 Å². The molecule has 21 heavy (non-hydrogen) atoms. The smallest absolute Gasteiger partial charge is 0.257 e. The van der Waals surface area contributed by atoms with Gasteiger partial charge < -0.3 is 14.2 Å². The first kappa shape index (κ1) is 15.6. The number of likely N-dealkylation sites (tertiary alicyclic amines) is 1. The van der Waals surface area contributed by atoms with Gasteiger partial charge in [0.1, 0.15) is 6.26 Å². The molecule has 1 aliphatic heterocycles. The van der Waals surface area contributed by atoms with Crippen LogP contribution in [0.3, 0.4) is 0 Å². The van der Waals surface area contributed by atoms with Crippen molar-refractivity contribution >= 4 is 11.8 Å². The first-order chi connectivity index (χ1) is 9.99. The van der Waals surface area contributed by atoms with Crippen molar-refractivity contribution in [3.05, 3.63) is 24.2 Å². The molecule has 2 rings (SSSR count). The van der Waals surface area contributed by atoms with Gasteiger partial charge in [0.2, 0.25) is 5.91 Å². The molecule has 0 atom stereocenters. The van der Waals surface area contributed by atoms with Crippen LogP contribution in [0.1, 0.15) is 37.0 Å². The maximum atomic E-state index is 12.3. The van der Waals surface area contributed by atoms with Gasteiger partial charge in [-0.05, 0) is 24.8 Å². The molecule has 1 saturated heterocycles. The quantitative estimate of drug-likeness (QED) is 0.855. The molecule has 0 unspecified atom stereocenters. The highest BCUT2D eigenvalue weighted by Crippen LogP contribution is 2.21. The van der Waals surface area contributed by atoms with Gasteiger partial charge in [-0.2, -0.15) is 0 Å². The van der Waals surface area contributed by atoms with Crippen LogP contribution in [0.15, 0.2) is 23.0 Å². The Morgan fingerprint density at radius 3 is 2.57 bits per heavy atom. The number of hydrogen-bond acceptors (Lipinski definition) is 3. The second-order valence-corrected chi connectivity index (χ2v) is 6.19. The minimum absolute atomic E-state index is 0.00909. The molecular weight excluding hydrogens is 268 g/mol. The SMILES string of the molecule is CC(C)CN(C)C(=O)C1CCN(C(=O)c2ccoc2)CC1. The van der Waals surface area contributed by atoms with Crippen molar-refractivity contribution in [1.82, 2.24) is 9.80 Å². The summed E-state index contributed by atoms with van der Waals surface area (Å²) >= 11 is 0. The van der Waals surface area contributed by atoms with E-state index in [0.29, 0.717) is 24.6 Å². The van der Waals surface area contributed by atoms with Gasteiger partial charge in [0, 0.05) is 32.6 Å². The topological polar surface area (TPSA) is 53.8 Å². The molecule has 116 valence electrons. The summed E-state index contributed by atoms with van der Waals surface area (Å²) in [5.74, 6) is 0.716. The molecule has 0 radical (unpaired) electrons. The number of furan rings is 1. The number of carbonyl (C=O) groups excluding carboxylic acids is 2. The number of rotatable bonds is 4. The molecule has 0 spiro atoms. The zero-order valence-electron chi connectivity index (χ0n) is 13.0. The van der Waals surface area contributed by atoms with E-state index in [4.69, 9.17) is 4.42 Å². The van der Waals surface area contributed by atoms with Gasteiger partial charge in [0.05, 0.1) is 11.8 Å². The molecule has 5 heteroatoms. The lowest BCUT2D eigenvalue weighted by atomic mass is 9.94. The molecule has 0 N–H and O–H groups in total. The second kappa shape index (κ2) is 6.78. The van der Waals surface area contributed by atoms with Crippen molar-refractivity contribution in [1.29, 1.82) is 0 Å². The fraction of sp³-hybridized carbons (Fsp3) is 0.625. The van der Waals surface area contributed by atoms with E-state index in [-0.39, 0.29) is 17.7 Å². The van der Waals surface area contributed by atoms with Crippen LogP contribution in [-0.2, 0) is 4.79 Å². The van der Waals surface area contributed by atoms with E-state index in [1.807, 2.05) is 11.9 Å². The largest absolute Gasteiger partial charge is 0.472 e. The van der Waals surface area contributed by atoms with Crippen LogP contribution in [0.4, 0.5) is 0 Å². The summed E-state index contributed by atoms with van der Waals surface area (Å²) in [5, 5.41) is 0. The van der Waals surface area contributed by atoms with E-state index in [1.54, 1.807) is 11.0 Å². The zero-order chi connectivity index (χ0) is 15.4. The highest BCUT2D eigenvalue weighted by atomic mass is 16.3. The summed E-state index contributed by atoms with van der Waals surface area (Å²) in [6, 6.07) is 1.68. The van der Waals surface area contributed by atoms with Crippen molar-refractivity contribution in [3.8, 4) is 0 Å². The highest BCUT2D eigenvalue weighted by molar-refractivity contribution is 5.94. The third-order valence-corrected chi connectivity index (χ3v) is 3.91. The van der Waals surface area contributed by atoms with Gasteiger partial charge >= 0.3 is 0 Å². The van der Waals surface area contributed by atoms with Crippen LogP contribution in [0.25, 0.3) is 0 Å². The lowest BCUT2D eigenvalue weighted by Crippen LogP contribution is -2.44. The highest BCUT2D eigenvalue weighted by Gasteiger charge is 2.29. The summed E-state index contributed by atoms with van der Waals surface area (Å²) in [6.07, 6.45) is 4.45. The Hall–Kier alpha value is -1.78. The maximum absolute atomic E-state index is 12.3. The van der Waals surface area contributed by atoms with Gasteiger partial charge in [-0.25, -0.2) is 0 Å². The lowest BCUT2D eigenvalue weighted by molar-refractivity contribution is -0.136. The van der Waals surface area contributed by atoms with E-state index in [2.05, 4.69) is 13.8 Å². The predicted octanol–water partition coefficient (Wildman–Crippen LogP) is 2.25. The predicted molar refractivity (Wildman–Crippen MR) is 79.8 cm³/mol. The van der Waals surface area contributed by atoms with Crippen LogP contribution < -0.4 is 0 Å². The minimum Gasteiger partial charge on any atom is -0.472 e. The molecule has 1 fully saturated rings. The molecule has 1 aromatic rings.